The second-order valence-electron chi connectivity index (χ2n) is 7.50. The van der Waals surface area contributed by atoms with E-state index in [9.17, 15) is 4.79 Å². The Labute approximate surface area is 160 Å². The molecular weight excluding hydrogens is 336 g/mol. The topological polar surface area (TPSA) is 40.5 Å². The second kappa shape index (κ2) is 7.33. The maximum absolute atomic E-state index is 12.8. The Balaban J connectivity index is 1.59. The van der Waals surface area contributed by atoms with Gasteiger partial charge in [-0.2, -0.15) is 0 Å². The number of rotatable bonds is 4. The second-order valence-corrected chi connectivity index (χ2v) is 7.50. The number of carbonyl (C=O) groups is 1. The number of benzene rings is 2. The Morgan fingerprint density at radius 2 is 1.74 bits per heavy atom. The van der Waals surface area contributed by atoms with Gasteiger partial charge in [0.2, 0.25) is 5.91 Å². The summed E-state index contributed by atoms with van der Waals surface area (Å²) in [5.74, 6) is 0.0677. The van der Waals surface area contributed by atoms with Crippen molar-refractivity contribution in [2.24, 2.45) is 0 Å². The molecule has 0 spiro atoms. The summed E-state index contributed by atoms with van der Waals surface area (Å²) in [5, 5.41) is 5.56. The summed E-state index contributed by atoms with van der Waals surface area (Å²) in [4.78, 5) is 17.3. The van der Waals surface area contributed by atoms with Crippen molar-refractivity contribution in [3.63, 3.8) is 0 Å². The number of anilines is 1. The fourth-order valence-corrected chi connectivity index (χ4v) is 4.09. The van der Waals surface area contributed by atoms with Crippen LogP contribution in [0.1, 0.15) is 13.8 Å². The molecule has 1 amide bonds. The lowest BCUT2D eigenvalue weighted by Crippen LogP contribution is -2.51. The minimum absolute atomic E-state index is 0.0677. The van der Waals surface area contributed by atoms with Gasteiger partial charge >= 0.3 is 0 Å². The third-order valence-electron chi connectivity index (χ3n) is 5.82. The molecule has 0 unspecified atom stereocenters. The molecule has 0 aliphatic carbocycles. The quantitative estimate of drug-likeness (QED) is 0.771. The van der Waals surface area contributed by atoms with Gasteiger partial charge in [0.25, 0.3) is 0 Å². The van der Waals surface area contributed by atoms with Crippen LogP contribution in [0.2, 0.25) is 0 Å². The molecule has 1 fully saturated rings. The summed E-state index contributed by atoms with van der Waals surface area (Å²) in [6.45, 7) is 9.00. The molecule has 1 atom stereocenters. The fourth-order valence-electron chi connectivity index (χ4n) is 4.09. The molecule has 2 aromatic carbocycles. The Morgan fingerprint density at radius 3 is 2.48 bits per heavy atom. The molecule has 5 heteroatoms. The van der Waals surface area contributed by atoms with Gasteiger partial charge in [-0.1, -0.05) is 18.2 Å². The van der Waals surface area contributed by atoms with Crippen LogP contribution in [0, 0.1) is 0 Å². The molecule has 1 N–H and O–H groups in total. The van der Waals surface area contributed by atoms with Gasteiger partial charge in [0.15, 0.2) is 0 Å². The molecule has 1 aromatic heterocycles. The summed E-state index contributed by atoms with van der Waals surface area (Å²) in [7, 11) is 2.13. The number of nitrogens with zero attached hydrogens (tertiary/aromatic N) is 3. The maximum Gasteiger partial charge on any atom is 0.241 e. The van der Waals surface area contributed by atoms with Crippen LogP contribution >= 0.6 is 0 Å². The highest BCUT2D eigenvalue weighted by Crippen LogP contribution is 2.31. The van der Waals surface area contributed by atoms with Crippen molar-refractivity contribution in [1.29, 1.82) is 0 Å². The van der Waals surface area contributed by atoms with E-state index < -0.39 is 0 Å². The first-order valence-corrected chi connectivity index (χ1v) is 9.83. The van der Waals surface area contributed by atoms with E-state index in [4.69, 9.17) is 0 Å². The van der Waals surface area contributed by atoms with Crippen LogP contribution in [-0.2, 0) is 11.3 Å². The first-order chi connectivity index (χ1) is 13.1. The zero-order chi connectivity index (χ0) is 19.0. The van der Waals surface area contributed by atoms with E-state index in [1.54, 1.807) is 0 Å². The lowest BCUT2D eigenvalue weighted by molar-refractivity contribution is -0.121. The summed E-state index contributed by atoms with van der Waals surface area (Å²) >= 11 is 0. The van der Waals surface area contributed by atoms with Crippen molar-refractivity contribution in [3.05, 3.63) is 42.5 Å². The number of fused-ring (bicyclic) bond motifs is 3. The van der Waals surface area contributed by atoms with Gasteiger partial charge < -0.3 is 14.8 Å². The van der Waals surface area contributed by atoms with Crippen molar-refractivity contribution in [2.45, 2.75) is 26.4 Å². The zero-order valence-electron chi connectivity index (χ0n) is 16.4. The standard InChI is InChI=1S/C22H28N4O/c1-4-26-20-8-6-5-7-18(20)19-15-17(9-10-21(19)26)23-22(27)16(2)25-13-11-24(3)12-14-25/h5-10,15-16H,4,11-14H2,1-3H3,(H,23,27)/t16-/m0/s1. The predicted molar refractivity (Wildman–Crippen MR) is 112 cm³/mol. The van der Waals surface area contributed by atoms with Gasteiger partial charge in [0, 0.05) is 60.2 Å². The molecule has 4 rings (SSSR count). The Morgan fingerprint density at radius 1 is 1.04 bits per heavy atom. The first kappa shape index (κ1) is 18.0. The summed E-state index contributed by atoms with van der Waals surface area (Å²) in [6, 6.07) is 14.6. The number of hydrogen-bond acceptors (Lipinski definition) is 3. The van der Waals surface area contributed by atoms with E-state index in [1.807, 2.05) is 13.0 Å². The molecule has 1 saturated heterocycles. The normalized spacial score (nSPS) is 17.4. The predicted octanol–water partition coefficient (Wildman–Crippen LogP) is 3.39. The highest BCUT2D eigenvalue weighted by molar-refractivity contribution is 6.10. The molecule has 0 bridgehead atoms. The zero-order valence-corrected chi connectivity index (χ0v) is 16.4. The lowest BCUT2D eigenvalue weighted by Gasteiger charge is -2.35. The van der Waals surface area contributed by atoms with Gasteiger partial charge in [-0.25, -0.2) is 0 Å². The number of amides is 1. The smallest absolute Gasteiger partial charge is 0.241 e. The molecule has 142 valence electrons. The number of aryl methyl sites for hydroxylation is 1. The van der Waals surface area contributed by atoms with Crippen molar-refractivity contribution in [3.8, 4) is 0 Å². The molecule has 27 heavy (non-hydrogen) atoms. The van der Waals surface area contributed by atoms with E-state index in [2.05, 4.69) is 70.1 Å². The van der Waals surface area contributed by atoms with Gasteiger partial charge in [0.05, 0.1) is 6.04 Å². The van der Waals surface area contributed by atoms with Crippen LogP contribution in [0.3, 0.4) is 0 Å². The van der Waals surface area contributed by atoms with Gasteiger partial charge in [-0.3, -0.25) is 9.69 Å². The van der Waals surface area contributed by atoms with Crippen LogP contribution in [0.5, 0.6) is 0 Å². The van der Waals surface area contributed by atoms with Crippen LogP contribution in [0.4, 0.5) is 5.69 Å². The highest BCUT2D eigenvalue weighted by Gasteiger charge is 2.24. The molecule has 2 heterocycles. The van der Waals surface area contributed by atoms with E-state index in [-0.39, 0.29) is 11.9 Å². The number of carbonyl (C=O) groups excluding carboxylic acids is 1. The Hall–Kier alpha value is -2.37. The maximum atomic E-state index is 12.8. The average molecular weight is 364 g/mol. The summed E-state index contributed by atoms with van der Waals surface area (Å²) < 4.78 is 2.32. The van der Waals surface area contributed by atoms with Crippen LogP contribution in [0.25, 0.3) is 21.8 Å². The van der Waals surface area contributed by atoms with Crippen molar-refractivity contribution in [1.82, 2.24) is 14.4 Å². The molecule has 0 radical (unpaired) electrons. The largest absolute Gasteiger partial charge is 0.341 e. The SMILES string of the molecule is CCn1c2ccccc2c2cc(NC(=O)[C@H](C)N3CCN(C)CC3)ccc21. The fraction of sp³-hybridized carbons (Fsp3) is 0.409. The Bertz CT molecular complexity index is 969. The van der Waals surface area contributed by atoms with Crippen molar-refractivity contribution in [2.75, 3.05) is 38.5 Å². The molecule has 3 aromatic rings. The number of hydrogen-bond donors (Lipinski definition) is 1. The van der Waals surface area contributed by atoms with E-state index in [0.717, 1.165) is 38.4 Å². The first-order valence-electron chi connectivity index (χ1n) is 9.83. The van der Waals surface area contributed by atoms with Crippen molar-refractivity contribution < 1.29 is 4.79 Å². The minimum atomic E-state index is -0.119. The molecule has 5 nitrogen and oxygen atoms in total. The van der Waals surface area contributed by atoms with Gasteiger partial charge in [0.1, 0.15) is 0 Å². The van der Waals surface area contributed by atoms with E-state index in [1.165, 1.54) is 21.8 Å². The number of likely N-dealkylation sites (N-methyl/N-ethyl adjacent to an activating group) is 1. The number of piperazine rings is 1. The third kappa shape index (κ3) is 3.33. The molecular formula is C22H28N4O. The van der Waals surface area contributed by atoms with E-state index in [0.29, 0.717) is 0 Å². The monoisotopic (exact) mass is 364 g/mol. The molecule has 1 aliphatic rings. The average Bonchev–Trinajstić information content (AvgIpc) is 3.01. The van der Waals surface area contributed by atoms with Gasteiger partial charge in [-0.05, 0) is 45.2 Å². The lowest BCUT2D eigenvalue weighted by atomic mass is 10.1. The number of aromatic nitrogens is 1. The Kier molecular flexibility index (Phi) is 4.89. The highest BCUT2D eigenvalue weighted by atomic mass is 16.2. The summed E-state index contributed by atoms with van der Waals surface area (Å²) in [5.41, 5.74) is 3.32. The van der Waals surface area contributed by atoms with Gasteiger partial charge in [-0.15, -0.1) is 0 Å². The van der Waals surface area contributed by atoms with Crippen molar-refractivity contribution >= 4 is 33.4 Å². The molecule has 0 saturated carbocycles. The molecule has 1 aliphatic heterocycles. The third-order valence-corrected chi connectivity index (χ3v) is 5.82. The van der Waals surface area contributed by atoms with Crippen LogP contribution < -0.4 is 5.32 Å². The number of para-hydroxylation sites is 1. The van der Waals surface area contributed by atoms with Crippen LogP contribution in [-0.4, -0.2) is 59.5 Å². The minimum Gasteiger partial charge on any atom is -0.341 e. The number of nitrogens with one attached hydrogen (secondary N) is 1. The van der Waals surface area contributed by atoms with Crippen LogP contribution in [0.15, 0.2) is 42.5 Å². The van der Waals surface area contributed by atoms with E-state index >= 15 is 0 Å². The summed E-state index contributed by atoms with van der Waals surface area (Å²) in [6.07, 6.45) is 0.